The minimum absolute atomic E-state index is 0.0772. The summed E-state index contributed by atoms with van der Waals surface area (Å²) in [5, 5.41) is 8.55. The maximum Gasteiger partial charge on any atom is 0.328 e. The van der Waals surface area contributed by atoms with E-state index in [4.69, 9.17) is 9.84 Å². The van der Waals surface area contributed by atoms with Crippen LogP contribution in [0.2, 0.25) is 0 Å². The molecule has 20 heavy (non-hydrogen) atoms. The third kappa shape index (κ3) is 5.12. The van der Waals surface area contributed by atoms with Crippen molar-refractivity contribution in [2.75, 3.05) is 13.7 Å². The molecule has 1 atom stereocenters. The van der Waals surface area contributed by atoms with E-state index in [9.17, 15) is 13.2 Å². The van der Waals surface area contributed by atoms with Crippen LogP contribution in [0, 0.1) is 0 Å². The number of methoxy groups -OCH3 is 1. The number of aliphatic carboxylic acids is 1. The van der Waals surface area contributed by atoms with Gasteiger partial charge in [-0.3, -0.25) is 0 Å². The highest BCUT2D eigenvalue weighted by molar-refractivity contribution is 7.89. The molecule has 6 nitrogen and oxygen atoms in total. The van der Waals surface area contributed by atoms with Gasteiger partial charge in [0.15, 0.2) is 0 Å². The quantitative estimate of drug-likeness (QED) is 0.735. The first-order valence-electron chi connectivity index (χ1n) is 5.88. The predicted molar refractivity (Wildman–Crippen MR) is 74.8 cm³/mol. The molecule has 2 N–H and O–H groups in total. The average Bonchev–Trinajstić information content (AvgIpc) is 2.43. The number of carboxylic acids is 1. The summed E-state index contributed by atoms with van der Waals surface area (Å²) in [6, 6.07) is 6.02. The van der Waals surface area contributed by atoms with E-state index in [2.05, 4.69) is 4.72 Å². The molecule has 0 heterocycles. The smallest absolute Gasteiger partial charge is 0.328 e. The molecule has 1 aromatic rings. The molecule has 0 amide bonds. The van der Waals surface area contributed by atoms with Crippen LogP contribution >= 0.6 is 0 Å². The lowest BCUT2D eigenvalue weighted by Gasteiger charge is -2.11. The fourth-order valence-electron chi connectivity index (χ4n) is 1.35. The minimum Gasteiger partial charge on any atom is -0.478 e. The van der Waals surface area contributed by atoms with Crippen LogP contribution in [0.5, 0.6) is 0 Å². The SMILES string of the molecule is COC(C)CNS(=O)(=O)c1cccc(/C=C/C(=O)O)c1. The van der Waals surface area contributed by atoms with Crippen molar-refractivity contribution in [1.82, 2.24) is 4.72 Å². The van der Waals surface area contributed by atoms with Crippen LogP contribution in [-0.4, -0.2) is 39.3 Å². The Morgan fingerprint density at radius 3 is 2.80 bits per heavy atom. The van der Waals surface area contributed by atoms with Gasteiger partial charge in [-0.25, -0.2) is 17.9 Å². The number of carbonyl (C=O) groups is 1. The van der Waals surface area contributed by atoms with Gasteiger partial charge in [0.2, 0.25) is 10.0 Å². The lowest BCUT2D eigenvalue weighted by Crippen LogP contribution is -2.31. The summed E-state index contributed by atoms with van der Waals surface area (Å²) < 4.78 is 31.5. The van der Waals surface area contributed by atoms with Crippen molar-refractivity contribution in [3.05, 3.63) is 35.9 Å². The number of sulfonamides is 1. The van der Waals surface area contributed by atoms with Crippen molar-refractivity contribution < 1.29 is 23.1 Å². The molecule has 0 aliphatic carbocycles. The fourth-order valence-corrected chi connectivity index (χ4v) is 2.52. The third-order valence-electron chi connectivity index (χ3n) is 2.55. The van der Waals surface area contributed by atoms with E-state index in [1.165, 1.54) is 25.3 Å². The van der Waals surface area contributed by atoms with Gasteiger partial charge >= 0.3 is 5.97 Å². The fraction of sp³-hybridized carbons (Fsp3) is 0.308. The molecule has 0 aliphatic heterocycles. The van der Waals surface area contributed by atoms with Gasteiger partial charge in [-0.2, -0.15) is 0 Å². The molecular weight excluding hydrogens is 282 g/mol. The van der Waals surface area contributed by atoms with Crippen LogP contribution < -0.4 is 4.72 Å². The van der Waals surface area contributed by atoms with Crippen molar-refractivity contribution in [1.29, 1.82) is 0 Å². The molecule has 110 valence electrons. The Labute approximate surface area is 118 Å². The molecule has 0 aromatic heterocycles. The first-order valence-corrected chi connectivity index (χ1v) is 7.37. The molecule has 0 bridgehead atoms. The Bertz CT molecular complexity index is 595. The van der Waals surface area contributed by atoms with Crippen LogP contribution in [-0.2, 0) is 19.6 Å². The summed E-state index contributed by atoms with van der Waals surface area (Å²) >= 11 is 0. The number of hydrogen-bond acceptors (Lipinski definition) is 4. The van der Waals surface area contributed by atoms with E-state index in [0.29, 0.717) is 5.56 Å². The van der Waals surface area contributed by atoms with Crippen molar-refractivity contribution in [2.24, 2.45) is 0 Å². The summed E-state index contributed by atoms with van der Waals surface area (Å²) in [6.45, 7) is 1.91. The molecule has 0 radical (unpaired) electrons. The maximum absolute atomic E-state index is 12.0. The van der Waals surface area contributed by atoms with Crippen molar-refractivity contribution in [2.45, 2.75) is 17.9 Å². The van der Waals surface area contributed by atoms with E-state index < -0.39 is 16.0 Å². The first-order chi connectivity index (χ1) is 9.35. The lowest BCUT2D eigenvalue weighted by molar-refractivity contribution is -0.131. The van der Waals surface area contributed by atoms with E-state index in [-0.39, 0.29) is 17.5 Å². The topological polar surface area (TPSA) is 92.7 Å². The minimum atomic E-state index is -3.64. The first kappa shape index (κ1) is 16.4. The summed E-state index contributed by atoms with van der Waals surface area (Å²) in [7, 11) is -2.14. The Morgan fingerprint density at radius 2 is 2.20 bits per heavy atom. The molecular formula is C13H17NO5S. The third-order valence-corrected chi connectivity index (χ3v) is 3.97. The van der Waals surface area contributed by atoms with Gasteiger partial charge in [0.05, 0.1) is 11.0 Å². The predicted octanol–water partition coefficient (Wildman–Crippen LogP) is 1.10. The normalized spacial score (nSPS) is 13.5. The Morgan fingerprint density at radius 1 is 1.50 bits per heavy atom. The molecule has 0 aliphatic rings. The second kappa shape index (κ2) is 7.18. The van der Waals surface area contributed by atoms with Gasteiger partial charge in [0, 0.05) is 19.7 Å². The van der Waals surface area contributed by atoms with E-state index in [1.54, 1.807) is 19.1 Å². The monoisotopic (exact) mass is 299 g/mol. The van der Waals surface area contributed by atoms with Crippen LogP contribution in [0.1, 0.15) is 12.5 Å². The van der Waals surface area contributed by atoms with Crippen molar-refractivity contribution in [3.63, 3.8) is 0 Å². The Hall–Kier alpha value is -1.70. The van der Waals surface area contributed by atoms with Crippen LogP contribution in [0.25, 0.3) is 6.08 Å². The Kier molecular flexibility index (Phi) is 5.87. The second-order valence-electron chi connectivity index (χ2n) is 4.14. The number of rotatable bonds is 7. The molecule has 7 heteroatoms. The van der Waals surface area contributed by atoms with E-state index in [1.807, 2.05) is 0 Å². The number of carboxylic acid groups (broad SMARTS) is 1. The largest absolute Gasteiger partial charge is 0.478 e. The molecule has 0 fully saturated rings. The number of ether oxygens (including phenoxy) is 1. The highest BCUT2D eigenvalue weighted by atomic mass is 32.2. The highest BCUT2D eigenvalue weighted by Gasteiger charge is 2.15. The van der Waals surface area contributed by atoms with Gasteiger partial charge in [-0.1, -0.05) is 12.1 Å². The molecule has 0 saturated carbocycles. The molecule has 1 unspecified atom stereocenters. The van der Waals surface area contributed by atoms with Crippen LogP contribution in [0.3, 0.4) is 0 Å². The summed E-state index contributed by atoms with van der Waals surface area (Å²) in [5.41, 5.74) is 0.495. The van der Waals surface area contributed by atoms with Gasteiger partial charge in [-0.05, 0) is 30.7 Å². The zero-order valence-corrected chi connectivity index (χ0v) is 12.1. The lowest BCUT2D eigenvalue weighted by atomic mass is 10.2. The van der Waals surface area contributed by atoms with E-state index in [0.717, 1.165) is 6.08 Å². The van der Waals surface area contributed by atoms with Crippen molar-refractivity contribution >= 4 is 22.1 Å². The van der Waals surface area contributed by atoms with Gasteiger partial charge < -0.3 is 9.84 Å². The van der Waals surface area contributed by atoms with E-state index >= 15 is 0 Å². The molecule has 1 rings (SSSR count). The molecule has 1 aromatic carbocycles. The standard InChI is InChI=1S/C13H17NO5S/c1-10(19-2)9-14-20(17,18)12-5-3-4-11(8-12)6-7-13(15)16/h3-8,10,14H,9H2,1-2H3,(H,15,16)/b7-6+. The summed E-state index contributed by atoms with van der Waals surface area (Å²) in [4.78, 5) is 10.5. The number of benzene rings is 1. The zero-order chi connectivity index (χ0) is 15.2. The number of hydrogen-bond donors (Lipinski definition) is 2. The second-order valence-corrected chi connectivity index (χ2v) is 5.91. The van der Waals surface area contributed by atoms with Gasteiger partial charge in [-0.15, -0.1) is 0 Å². The van der Waals surface area contributed by atoms with Crippen LogP contribution in [0.4, 0.5) is 0 Å². The summed E-state index contributed by atoms with van der Waals surface area (Å²) in [5.74, 6) is -1.09. The van der Waals surface area contributed by atoms with Crippen LogP contribution in [0.15, 0.2) is 35.2 Å². The maximum atomic E-state index is 12.0. The Balaban J connectivity index is 2.90. The van der Waals surface area contributed by atoms with Gasteiger partial charge in [0.25, 0.3) is 0 Å². The summed E-state index contributed by atoms with van der Waals surface area (Å²) in [6.07, 6.45) is 2.05. The zero-order valence-electron chi connectivity index (χ0n) is 11.2. The highest BCUT2D eigenvalue weighted by Crippen LogP contribution is 2.12. The van der Waals surface area contributed by atoms with Gasteiger partial charge in [0.1, 0.15) is 0 Å². The number of nitrogens with one attached hydrogen (secondary N) is 1. The van der Waals surface area contributed by atoms with Crippen molar-refractivity contribution in [3.8, 4) is 0 Å². The molecule has 0 saturated heterocycles. The average molecular weight is 299 g/mol. The molecule has 0 spiro atoms.